The van der Waals surface area contributed by atoms with E-state index < -0.39 is 11.7 Å². The molecule has 3 aliphatic heterocycles. The molecule has 4 heterocycles. The molecule has 6 rings (SSSR count). The van der Waals surface area contributed by atoms with Gasteiger partial charge in [0.1, 0.15) is 0 Å². The SMILES string of the molecule is CC(=O)N(C)c1cnn(C(=O)N2C[C@H]3CC(N(C)Cc4ccc(N5C6CCC5COC6)c(C(F)(F)F)c4)C[C@H]3C2)c1. The molecule has 0 spiro atoms. The molecule has 41 heavy (non-hydrogen) atoms. The number of anilines is 2. The predicted octanol–water partition coefficient (Wildman–Crippen LogP) is 4.06. The van der Waals surface area contributed by atoms with E-state index in [0.29, 0.717) is 55.9 Å². The van der Waals surface area contributed by atoms with Crippen LogP contribution in [-0.4, -0.2) is 90.0 Å². The van der Waals surface area contributed by atoms with Crippen molar-refractivity contribution in [1.82, 2.24) is 19.6 Å². The van der Waals surface area contributed by atoms with E-state index in [1.54, 1.807) is 19.3 Å². The van der Waals surface area contributed by atoms with Gasteiger partial charge < -0.3 is 19.4 Å². The van der Waals surface area contributed by atoms with E-state index in [1.165, 1.54) is 28.8 Å². The summed E-state index contributed by atoms with van der Waals surface area (Å²) in [6.07, 6.45) is 2.15. The zero-order chi connectivity index (χ0) is 29.1. The van der Waals surface area contributed by atoms with Crippen molar-refractivity contribution in [2.24, 2.45) is 11.8 Å². The zero-order valence-corrected chi connectivity index (χ0v) is 23.7. The molecule has 1 aromatic carbocycles. The van der Waals surface area contributed by atoms with E-state index in [1.807, 2.05) is 22.9 Å². The molecule has 0 N–H and O–H groups in total. The van der Waals surface area contributed by atoms with E-state index in [2.05, 4.69) is 10.00 Å². The number of morpholine rings is 1. The van der Waals surface area contributed by atoms with Crippen molar-refractivity contribution in [2.45, 2.75) is 63.5 Å². The summed E-state index contributed by atoms with van der Waals surface area (Å²) < 4.78 is 49.5. The largest absolute Gasteiger partial charge is 0.418 e. The van der Waals surface area contributed by atoms with Gasteiger partial charge in [0.2, 0.25) is 5.91 Å². The number of aromatic nitrogens is 2. The first-order valence-electron chi connectivity index (χ1n) is 14.3. The van der Waals surface area contributed by atoms with E-state index >= 15 is 0 Å². The quantitative estimate of drug-likeness (QED) is 0.537. The number of hydrogen-bond acceptors (Lipinski definition) is 6. The minimum atomic E-state index is -4.43. The van der Waals surface area contributed by atoms with Gasteiger partial charge in [0, 0.05) is 45.3 Å². The highest BCUT2D eigenvalue weighted by atomic mass is 19.4. The van der Waals surface area contributed by atoms with Crippen molar-refractivity contribution >= 4 is 23.3 Å². The van der Waals surface area contributed by atoms with Crippen LogP contribution in [0.15, 0.2) is 30.6 Å². The molecule has 1 saturated carbocycles. The number of ether oxygens (including phenoxy) is 1. The first kappa shape index (κ1) is 28.0. The summed E-state index contributed by atoms with van der Waals surface area (Å²) in [5.74, 6) is 0.537. The Morgan fingerprint density at radius 2 is 1.73 bits per heavy atom. The van der Waals surface area contributed by atoms with Gasteiger partial charge in [-0.15, -0.1) is 0 Å². The molecule has 1 aromatic heterocycles. The number of hydrogen-bond donors (Lipinski definition) is 0. The monoisotopic (exact) mass is 574 g/mol. The number of amides is 2. The standard InChI is InChI=1S/C29H37F3N6O3/c1-18(39)35(3)25-11-33-37(15-25)28(40)36-13-20-9-24(10-21(20)14-36)34(2)12-19-4-7-27(26(8-19)29(30,31)32)38-22-5-6-23(38)17-41-16-22/h4,7-8,11,15,20-24H,5-6,9-10,12-14,16-17H2,1-3H3/t20-,21+,22?,23?,24?. The van der Waals surface area contributed by atoms with Crippen LogP contribution in [0.25, 0.3) is 0 Å². The number of carbonyl (C=O) groups is 2. The second-order valence-electron chi connectivity index (χ2n) is 12.1. The van der Waals surface area contributed by atoms with Gasteiger partial charge in [-0.05, 0) is 62.3 Å². The van der Waals surface area contributed by atoms with Crippen LogP contribution in [0, 0.1) is 11.8 Å². The Kier molecular flexibility index (Phi) is 7.25. The molecule has 1 aliphatic carbocycles. The summed E-state index contributed by atoms with van der Waals surface area (Å²) >= 11 is 0. The molecule has 2 aromatic rings. The third kappa shape index (κ3) is 5.31. The number of rotatable bonds is 5. The molecule has 5 atom stereocenters. The van der Waals surface area contributed by atoms with Crippen molar-refractivity contribution in [1.29, 1.82) is 0 Å². The number of benzene rings is 1. The van der Waals surface area contributed by atoms with Gasteiger partial charge in [-0.2, -0.15) is 23.0 Å². The topological polar surface area (TPSA) is 74.2 Å². The fourth-order valence-electron chi connectivity index (χ4n) is 7.27. The first-order valence-corrected chi connectivity index (χ1v) is 14.3. The van der Waals surface area contributed by atoms with E-state index in [9.17, 15) is 22.8 Å². The molecule has 3 saturated heterocycles. The number of fused-ring (bicyclic) bond motifs is 3. The van der Waals surface area contributed by atoms with Gasteiger partial charge in [-0.25, -0.2) is 4.79 Å². The zero-order valence-electron chi connectivity index (χ0n) is 23.7. The van der Waals surface area contributed by atoms with Crippen LogP contribution < -0.4 is 9.80 Å². The van der Waals surface area contributed by atoms with Crippen LogP contribution >= 0.6 is 0 Å². The number of likely N-dealkylation sites (tertiary alicyclic amines) is 1. The lowest BCUT2D eigenvalue weighted by molar-refractivity contribution is -0.137. The minimum Gasteiger partial charge on any atom is -0.377 e. The van der Waals surface area contributed by atoms with Crippen LogP contribution in [0.3, 0.4) is 0 Å². The summed E-state index contributed by atoms with van der Waals surface area (Å²) in [7, 11) is 3.62. The van der Waals surface area contributed by atoms with Crippen molar-refractivity contribution in [3.63, 3.8) is 0 Å². The Bertz CT molecular complexity index is 1280. The van der Waals surface area contributed by atoms with Gasteiger partial charge in [-0.1, -0.05) is 6.07 Å². The summed E-state index contributed by atoms with van der Waals surface area (Å²) in [4.78, 5) is 32.0. The molecule has 2 bridgehead atoms. The molecule has 9 nitrogen and oxygen atoms in total. The molecule has 222 valence electrons. The Balaban J connectivity index is 1.08. The molecule has 4 aliphatic rings. The minimum absolute atomic E-state index is 0.00458. The highest BCUT2D eigenvalue weighted by molar-refractivity contribution is 5.91. The van der Waals surface area contributed by atoms with E-state index in [-0.39, 0.29) is 35.8 Å². The highest BCUT2D eigenvalue weighted by Crippen LogP contribution is 2.44. The maximum Gasteiger partial charge on any atom is 0.418 e. The smallest absolute Gasteiger partial charge is 0.377 e. The van der Waals surface area contributed by atoms with Gasteiger partial charge in [0.05, 0.1) is 48.9 Å². The number of halogens is 3. The van der Waals surface area contributed by atoms with Crippen molar-refractivity contribution in [3.8, 4) is 0 Å². The van der Waals surface area contributed by atoms with Crippen LogP contribution in [0.2, 0.25) is 0 Å². The fraction of sp³-hybridized carbons (Fsp3) is 0.621. The Hall–Kier alpha value is -3.12. The summed E-state index contributed by atoms with van der Waals surface area (Å²) in [6, 6.07) is 4.87. The van der Waals surface area contributed by atoms with Gasteiger partial charge in [0.15, 0.2) is 0 Å². The second kappa shape index (κ2) is 10.6. The lowest BCUT2D eigenvalue weighted by Gasteiger charge is -2.38. The average Bonchev–Trinajstić information content (AvgIpc) is 3.69. The molecule has 2 amide bonds. The third-order valence-electron chi connectivity index (χ3n) is 9.56. The highest BCUT2D eigenvalue weighted by Gasteiger charge is 2.45. The second-order valence-corrected chi connectivity index (χ2v) is 12.1. The number of carbonyl (C=O) groups excluding carboxylic acids is 2. The van der Waals surface area contributed by atoms with Crippen LogP contribution in [0.1, 0.15) is 43.7 Å². The van der Waals surface area contributed by atoms with E-state index in [0.717, 1.165) is 25.7 Å². The molecular weight excluding hydrogens is 537 g/mol. The maximum atomic E-state index is 14.2. The van der Waals surface area contributed by atoms with Crippen LogP contribution in [0.4, 0.5) is 29.3 Å². The predicted molar refractivity (Wildman–Crippen MR) is 147 cm³/mol. The number of nitrogens with zero attached hydrogens (tertiary/aromatic N) is 6. The van der Waals surface area contributed by atoms with Crippen molar-refractivity contribution < 1.29 is 27.5 Å². The van der Waals surface area contributed by atoms with Crippen molar-refractivity contribution in [3.05, 3.63) is 41.7 Å². The summed E-state index contributed by atoms with van der Waals surface area (Å²) in [5.41, 5.74) is 0.932. The molecule has 3 unspecified atom stereocenters. The van der Waals surface area contributed by atoms with Gasteiger partial charge in [-0.3, -0.25) is 9.69 Å². The third-order valence-corrected chi connectivity index (χ3v) is 9.56. The average molecular weight is 575 g/mol. The lowest BCUT2D eigenvalue weighted by Crippen LogP contribution is -2.46. The Morgan fingerprint density at radius 3 is 2.34 bits per heavy atom. The fourth-order valence-corrected chi connectivity index (χ4v) is 7.27. The molecular formula is C29H37F3N6O3. The van der Waals surface area contributed by atoms with Gasteiger partial charge >= 0.3 is 12.2 Å². The Morgan fingerprint density at radius 1 is 1.07 bits per heavy atom. The summed E-state index contributed by atoms with van der Waals surface area (Å²) in [6.45, 7) is 4.09. The molecule has 12 heteroatoms. The van der Waals surface area contributed by atoms with E-state index in [4.69, 9.17) is 4.74 Å². The molecule has 0 radical (unpaired) electrons. The lowest BCUT2D eigenvalue weighted by atomic mass is 10.0. The molecule has 4 fully saturated rings. The first-order chi connectivity index (χ1) is 19.5. The number of alkyl halides is 3. The van der Waals surface area contributed by atoms with Crippen LogP contribution in [0.5, 0.6) is 0 Å². The van der Waals surface area contributed by atoms with Crippen LogP contribution in [-0.2, 0) is 22.3 Å². The van der Waals surface area contributed by atoms with Gasteiger partial charge in [0.25, 0.3) is 0 Å². The van der Waals surface area contributed by atoms with Crippen molar-refractivity contribution in [2.75, 3.05) is 50.2 Å². The summed E-state index contributed by atoms with van der Waals surface area (Å²) in [5, 5.41) is 4.15. The normalized spacial score (nSPS) is 27.5. The maximum absolute atomic E-state index is 14.2. The Labute approximate surface area is 237 Å².